The zero-order chi connectivity index (χ0) is 23.4. The molecule has 1 atom stereocenters. The molecule has 168 valence electrons. The maximum absolute atomic E-state index is 13.8. The van der Waals surface area contributed by atoms with Gasteiger partial charge in [-0.05, 0) is 70.2 Å². The van der Waals surface area contributed by atoms with Crippen LogP contribution in [0.5, 0.6) is 0 Å². The summed E-state index contributed by atoms with van der Waals surface area (Å²) in [5, 5.41) is 0. The lowest BCUT2D eigenvalue weighted by molar-refractivity contribution is -0.141. The second-order valence-electron chi connectivity index (χ2n) is 10.1. The van der Waals surface area contributed by atoms with Crippen molar-refractivity contribution in [3.63, 3.8) is 0 Å². The van der Waals surface area contributed by atoms with Crippen molar-refractivity contribution in [1.29, 1.82) is 0 Å². The van der Waals surface area contributed by atoms with Crippen molar-refractivity contribution in [3.05, 3.63) is 63.2 Å². The summed E-state index contributed by atoms with van der Waals surface area (Å²) in [6.07, 6.45) is 0.00992. The van der Waals surface area contributed by atoms with E-state index in [1.807, 2.05) is 43.3 Å². The first kappa shape index (κ1) is 23.0. The Hall–Kier alpha value is -2.22. The van der Waals surface area contributed by atoms with Gasteiger partial charge in [0.25, 0.3) is 5.91 Å². The van der Waals surface area contributed by atoms with E-state index in [0.717, 1.165) is 14.7 Å². The summed E-state index contributed by atoms with van der Waals surface area (Å²) in [5.41, 5.74) is 2.33. The third-order valence-corrected chi connectivity index (χ3v) is 8.33. The Balaban J connectivity index is 1.67. The van der Waals surface area contributed by atoms with Gasteiger partial charge < -0.3 is 4.90 Å². The maximum Gasteiger partial charge on any atom is 0.257 e. The molecule has 1 unspecified atom stereocenters. The number of carbonyl (C=O) groups is 3. The first-order valence-electron chi connectivity index (χ1n) is 10.9. The van der Waals surface area contributed by atoms with Crippen LogP contribution in [0.1, 0.15) is 45.2 Å². The molecular formula is C26H29IN2O3. The summed E-state index contributed by atoms with van der Waals surface area (Å²) in [6.45, 7) is 10.7. The van der Waals surface area contributed by atoms with Crippen molar-refractivity contribution < 1.29 is 14.4 Å². The first-order chi connectivity index (χ1) is 14.9. The lowest BCUT2D eigenvalue weighted by Gasteiger charge is -2.29. The van der Waals surface area contributed by atoms with E-state index in [1.54, 1.807) is 17.0 Å². The fraction of sp³-hybridized carbons (Fsp3) is 0.423. The van der Waals surface area contributed by atoms with Gasteiger partial charge in [0.2, 0.25) is 11.8 Å². The Morgan fingerprint density at radius 2 is 1.56 bits per heavy atom. The molecule has 2 aromatic rings. The number of carbonyl (C=O) groups excluding carboxylic acids is 3. The number of benzene rings is 2. The average molecular weight is 544 g/mol. The van der Waals surface area contributed by atoms with Crippen molar-refractivity contribution in [2.75, 3.05) is 4.90 Å². The van der Waals surface area contributed by atoms with Gasteiger partial charge in [0, 0.05) is 16.0 Å². The quantitative estimate of drug-likeness (QED) is 0.396. The number of halogens is 1. The standard InChI is InChI=1S/C26H29IN2O3/c1-16-6-8-17(9-7-16)15-28(24(32)22-25(2,3)26(22,4)5)20-14-21(30)29(23(20)31)19-12-10-18(27)11-13-19/h6-13,20,22H,14-15H2,1-5H3. The second kappa shape index (κ2) is 7.97. The van der Waals surface area contributed by atoms with Crippen LogP contribution in [0.3, 0.4) is 0 Å². The molecule has 1 heterocycles. The minimum Gasteiger partial charge on any atom is -0.325 e. The topological polar surface area (TPSA) is 57.7 Å². The van der Waals surface area contributed by atoms with Crippen molar-refractivity contribution >= 4 is 46.0 Å². The zero-order valence-electron chi connectivity index (χ0n) is 19.2. The molecule has 2 aliphatic rings. The predicted molar refractivity (Wildman–Crippen MR) is 133 cm³/mol. The monoisotopic (exact) mass is 544 g/mol. The molecule has 1 saturated heterocycles. The number of imide groups is 1. The molecular weight excluding hydrogens is 515 g/mol. The van der Waals surface area contributed by atoms with E-state index in [2.05, 4.69) is 50.3 Å². The van der Waals surface area contributed by atoms with Crippen LogP contribution in [0, 0.1) is 27.2 Å². The highest BCUT2D eigenvalue weighted by Crippen LogP contribution is 2.69. The number of nitrogens with zero attached hydrogens (tertiary/aromatic N) is 2. The largest absolute Gasteiger partial charge is 0.325 e. The molecule has 0 N–H and O–H groups in total. The lowest BCUT2D eigenvalue weighted by Crippen LogP contribution is -2.46. The summed E-state index contributed by atoms with van der Waals surface area (Å²) in [4.78, 5) is 43.0. The number of hydrogen-bond acceptors (Lipinski definition) is 3. The smallest absolute Gasteiger partial charge is 0.257 e. The van der Waals surface area contributed by atoms with Crippen LogP contribution in [0.4, 0.5) is 5.69 Å². The van der Waals surface area contributed by atoms with Gasteiger partial charge in [-0.1, -0.05) is 57.5 Å². The molecule has 1 aliphatic carbocycles. The number of anilines is 1. The van der Waals surface area contributed by atoms with Crippen LogP contribution in [-0.2, 0) is 20.9 Å². The Morgan fingerprint density at radius 1 is 1.00 bits per heavy atom. The van der Waals surface area contributed by atoms with Crippen molar-refractivity contribution in [3.8, 4) is 0 Å². The fourth-order valence-electron chi connectivity index (χ4n) is 4.93. The van der Waals surface area contributed by atoms with Crippen molar-refractivity contribution in [1.82, 2.24) is 4.90 Å². The van der Waals surface area contributed by atoms with Gasteiger partial charge in [-0.15, -0.1) is 0 Å². The molecule has 5 nitrogen and oxygen atoms in total. The van der Waals surface area contributed by atoms with E-state index in [-0.39, 0.29) is 40.9 Å². The highest BCUT2D eigenvalue weighted by molar-refractivity contribution is 14.1. The van der Waals surface area contributed by atoms with Gasteiger partial charge in [-0.2, -0.15) is 0 Å². The van der Waals surface area contributed by atoms with Crippen molar-refractivity contribution in [2.45, 2.75) is 53.6 Å². The average Bonchev–Trinajstić information content (AvgIpc) is 2.96. The minimum absolute atomic E-state index is 0.00992. The van der Waals surface area contributed by atoms with Gasteiger partial charge in [-0.25, -0.2) is 4.90 Å². The van der Waals surface area contributed by atoms with Crippen LogP contribution < -0.4 is 4.90 Å². The molecule has 32 heavy (non-hydrogen) atoms. The number of aryl methyl sites for hydroxylation is 1. The lowest BCUT2D eigenvalue weighted by atomic mass is 10.0. The fourth-order valence-corrected chi connectivity index (χ4v) is 5.29. The minimum atomic E-state index is -0.789. The Bertz CT molecular complexity index is 1060. The molecule has 3 amide bonds. The van der Waals surface area contributed by atoms with E-state index in [9.17, 15) is 14.4 Å². The van der Waals surface area contributed by atoms with E-state index >= 15 is 0 Å². The molecule has 0 spiro atoms. The summed E-state index contributed by atoms with van der Waals surface area (Å²) in [7, 11) is 0. The number of rotatable bonds is 5. The zero-order valence-corrected chi connectivity index (χ0v) is 21.3. The van der Waals surface area contributed by atoms with E-state index in [1.165, 1.54) is 4.90 Å². The van der Waals surface area contributed by atoms with Gasteiger partial charge in [0.05, 0.1) is 12.1 Å². The van der Waals surface area contributed by atoms with E-state index in [0.29, 0.717) is 12.2 Å². The molecule has 0 aromatic heterocycles. The Kier molecular flexibility index (Phi) is 5.72. The molecule has 1 saturated carbocycles. The van der Waals surface area contributed by atoms with Crippen LogP contribution in [0.25, 0.3) is 0 Å². The van der Waals surface area contributed by atoms with Gasteiger partial charge in [0.15, 0.2) is 0 Å². The molecule has 0 radical (unpaired) electrons. The van der Waals surface area contributed by atoms with Gasteiger partial charge >= 0.3 is 0 Å². The molecule has 2 aromatic carbocycles. The Morgan fingerprint density at radius 3 is 2.09 bits per heavy atom. The molecule has 1 aliphatic heterocycles. The highest BCUT2D eigenvalue weighted by atomic mass is 127. The van der Waals surface area contributed by atoms with Gasteiger partial charge in [0.1, 0.15) is 6.04 Å². The SMILES string of the molecule is Cc1ccc(CN(C(=O)C2C(C)(C)C2(C)C)C2CC(=O)N(c3ccc(I)cc3)C2=O)cc1. The molecule has 2 fully saturated rings. The van der Waals surface area contributed by atoms with Crippen LogP contribution in [0.2, 0.25) is 0 Å². The summed E-state index contributed by atoms with van der Waals surface area (Å²) < 4.78 is 1.02. The Labute approximate surface area is 203 Å². The van der Waals surface area contributed by atoms with Crippen LogP contribution in [-0.4, -0.2) is 28.7 Å². The molecule has 6 heteroatoms. The number of amides is 3. The molecule has 4 rings (SSSR count). The van der Waals surface area contributed by atoms with Crippen molar-refractivity contribution in [2.24, 2.45) is 16.7 Å². The summed E-state index contributed by atoms with van der Waals surface area (Å²) >= 11 is 2.19. The molecule has 0 bridgehead atoms. The van der Waals surface area contributed by atoms with Crippen LogP contribution in [0.15, 0.2) is 48.5 Å². The van der Waals surface area contributed by atoms with E-state index in [4.69, 9.17) is 0 Å². The summed E-state index contributed by atoms with van der Waals surface area (Å²) in [5.74, 6) is -0.822. The maximum atomic E-state index is 13.8. The number of hydrogen-bond donors (Lipinski definition) is 0. The first-order valence-corrected chi connectivity index (χ1v) is 12.0. The normalized spacial score (nSPS) is 21.7. The highest BCUT2D eigenvalue weighted by Gasteiger charge is 2.69. The third kappa shape index (κ3) is 3.76. The second-order valence-corrected chi connectivity index (χ2v) is 11.3. The van der Waals surface area contributed by atoms with Gasteiger partial charge in [-0.3, -0.25) is 14.4 Å². The third-order valence-electron chi connectivity index (χ3n) is 7.61. The predicted octanol–water partition coefficient (Wildman–Crippen LogP) is 4.94. The van der Waals surface area contributed by atoms with Crippen LogP contribution >= 0.6 is 22.6 Å². The summed E-state index contributed by atoms with van der Waals surface area (Å²) in [6, 6.07) is 14.5. The van der Waals surface area contributed by atoms with E-state index < -0.39 is 6.04 Å².